The van der Waals surface area contributed by atoms with Gasteiger partial charge in [0.05, 0.1) is 30.2 Å². The lowest BCUT2D eigenvalue weighted by atomic mass is 9.92. The summed E-state index contributed by atoms with van der Waals surface area (Å²) >= 11 is 3.49. The molecule has 0 saturated carbocycles. The Bertz CT molecular complexity index is 705. The van der Waals surface area contributed by atoms with E-state index in [0.29, 0.717) is 33.0 Å². The van der Waals surface area contributed by atoms with Crippen LogP contribution in [0.5, 0.6) is 23.0 Å². The van der Waals surface area contributed by atoms with E-state index in [0.717, 1.165) is 0 Å². The number of rotatable bonds is 4. The Balaban J connectivity index is 2.15. The van der Waals surface area contributed by atoms with Crippen molar-refractivity contribution < 1.29 is 28.6 Å². The van der Waals surface area contributed by atoms with Gasteiger partial charge in [0.1, 0.15) is 0 Å². The maximum absolute atomic E-state index is 11.4. The molecule has 1 aromatic carbocycles. The summed E-state index contributed by atoms with van der Waals surface area (Å²) in [5.41, 5.74) is 6.10. The molecule has 2 atom stereocenters. The van der Waals surface area contributed by atoms with Crippen LogP contribution in [0.1, 0.15) is 18.6 Å². The molecule has 0 saturated heterocycles. The first kappa shape index (κ1) is 15.7. The van der Waals surface area contributed by atoms with Crippen molar-refractivity contribution in [3.63, 3.8) is 0 Å². The second-order valence-corrected chi connectivity index (χ2v) is 5.81. The van der Waals surface area contributed by atoms with Gasteiger partial charge in [-0.05, 0) is 15.9 Å². The zero-order valence-corrected chi connectivity index (χ0v) is 14.3. The summed E-state index contributed by atoms with van der Waals surface area (Å²) in [7, 11) is 3.01. The van der Waals surface area contributed by atoms with Gasteiger partial charge < -0.3 is 29.5 Å². The number of hydrogen-bond donors (Lipinski definition) is 1. The summed E-state index contributed by atoms with van der Waals surface area (Å²) in [5.74, 6) is 0.760. The molecular formula is C14H15BrN2O6. The Morgan fingerprint density at radius 3 is 2.48 bits per heavy atom. The SMILES string of the molecule is COc1c2c(c(Br)c([C@H]3ON=C(C(N)=O)[C@H]3C)c1OC)OCO2. The highest BCUT2D eigenvalue weighted by atomic mass is 79.9. The molecular weight excluding hydrogens is 372 g/mol. The number of hydrogen-bond acceptors (Lipinski definition) is 7. The molecule has 2 aliphatic heterocycles. The van der Waals surface area contributed by atoms with E-state index in [9.17, 15) is 4.79 Å². The van der Waals surface area contributed by atoms with Crippen LogP contribution in [-0.4, -0.2) is 32.6 Å². The predicted octanol–water partition coefficient (Wildman–Crippen LogP) is 1.74. The highest BCUT2D eigenvalue weighted by molar-refractivity contribution is 9.10. The fraction of sp³-hybridized carbons (Fsp3) is 0.429. The van der Waals surface area contributed by atoms with Gasteiger partial charge in [-0.1, -0.05) is 12.1 Å². The lowest BCUT2D eigenvalue weighted by molar-refractivity contribution is -0.112. The van der Waals surface area contributed by atoms with Crippen molar-refractivity contribution in [3.8, 4) is 23.0 Å². The van der Waals surface area contributed by atoms with Gasteiger partial charge in [-0.15, -0.1) is 0 Å². The predicted molar refractivity (Wildman–Crippen MR) is 83.0 cm³/mol. The summed E-state index contributed by atoms with van der Waals surface area (Å²) in [5, 5.41) is 3.79. The maximum atomic E-state index is 11.4. The van der Waals surface area contributed by atoms with Gasteiger partial charge in [-0.25, -0.2) is 0 Å². The van der Waals surface area contributed by atoms with Crippen LogP contribution in [0.2, 0.25) is 0 Å². The van der Waals surface area contributed by atoms with Gasteiger partial charge in [0.15, 0.2) is 23.3 Å². The zero-order chi connectivity index (χ0) is 16.7. The topological polar surface area (TPSA) is 102 Å². The number of ether oxygens (including phenoxy) is 4. The molecule has 2 N–H and O–H groups in total. The largest absolute Gasteiger partial charge is 0.492 e. The van der Waals surface area contributed by atoms with E-state index in [1.165, 1.54) is 14.2 Å². The molecule has 2 heterocycles. The first-order valence-corrected chi connectivity index (χ1v) is 7.57. The molecule has 0 unspecified atom stereocenters. The molecule has 1 aromatic rings. The number of fused-ring (bicyclic) bond motifs is 1. The molecule has 9 heteroatoms. The van der Waals surface area contributed by atoms with Gasteiger partial charge in [0.2, 0.25) is 18.3 Å². The number of nitrogens with two attached hydrogens (primary N) is 1. The summed E-state index contributed by atoms with van der Waals surface area (Å²) < 4.78 is 22.4. The van der Waals surface area contributed by atoms with Crippen LogP contribution < -0.4 is 24.7 Å². The molecule has 0 spiro atoms. The van der Waals surface area contributed by atoms with Gasteiger partial charge >= 0.3 is 0 Å². The zero-order valence-electron chi connectivity index (χ0n) is 12.7. The van der Waals surface area contributed by atoms with Gasteiger partial charge in [-0.2, -0.15) is 0 Å². The van der Waals surface area contributed by atoms with E-state index < -0.39 is 12.0 Å². The highest BCUT2D eigenvalue weighted by Crippen LogP contribution is 2.57. The Morgan fingerprint density at radius 1 is 1.26 bits per heavy atom. The highest BCUT2D eigenvalue weighted by Gasteiger charge is 2.41. The molecule has 8 nitrogen and oxygen atoms in total. The number of oxime groups is 1. The van der Waals surface area contributed by atoms with E-state index in [4.69, 9.17) is 29.5 Å². The lowest BCUT2D eigenvalue weighted by Gasteiger charge is -2.22. The van der Waals surface area contributed by atoms with E-state index in [2.05, 4.69) is 21.1 Å². The molecule has 0 fully saturated rings. The molecule has 124 valence electrons. The molecule has 0 aliphatic carbocycles. The number of halogens is 1. The Kier molecular flexibility index (Phi) is 3.97. The van der Waals surface area contributed by atoms with Gasteiger partial charge in [-0.3, -0.25) is 4.79 Å². The molecule has 0 bridgehead atoms. The molecule has 3 rings (SSSR count). The summed E-state index contributed by atoms with van der Waals surface area (Å²) in [4.78, 5) is 16.9. The standard InChI is InChI=1S/C14H15BrN2O6/c1-5-8(14(16)18)17-23-9(5)6-7(15)11-13(22-4-21-11)12(20-3)10(6)19-2/h5,9H,4H2,1-3H3,(H2,16,18)/t5-,9+/m1/s1. The van der Waals surface area contributed by atoms with Crippen molar-refractivity contribution >= 4 is 27.5 Å². The van der Waals surface area contributed by atoms with Crippen molar-refractivity contribution in [3.05, 3.63) is 10.0 Å². The third kappa shape index (κ3) is 2.26. The molecule has 0 aromatic heterocycles. The second kappa shape index (κ2) is 5.80. The van der Waals surface area contributed by atoms with Gasteiger partial charge in [0.25, 0.3) is 5.91 Å². The monoisotopic (exact) mass is 386 g/mol. The maximum Gasteiger partial charge on any atom is 0.266 e. The van der Waals surface area contributed by atoms with Crippen molar-refractivity contribution in [1.29, 1.82) is 0 Å². The molecule has 0 radical (unpaired) electrons. The fourth-order valence-corrected chi connectivity index (χ4v) is 3.40. The summed E-state index contributed by atoms with van der Waals surface area (Å²) in [6.45, 7) is 1.87. The normalized spacial score (nSPS) is 21.7. The summed E-state index contributed by atoms with van der Waals surface area (Å²) in [6, 6.07) is 0. The van der Waals surface area contributed by atoms with E-state index in [-0.39, 0.29) is 18.4 Å². The number of carbonyl (C=O) groups is 1. The number of nitrogens with zero attached hydrogens (tertiary/aromatic N) is 1. The third-order valence-electron chi connectivity index (χ3n) is 3.80. The van der Waals surface area contributed by atoms with E-state index in [1.54, 1.807) is 6.92 Å². The average molecular weight is 387 g/mol. The number of primary amides is 1. The van der Waals surface area contributed by atoms with Crippen molar-refractivity contribution in [1.82, 2.24) is 0 Å². The van der Waals surface area contributed by atoms with Crippen LogP contribution in [0.4, 0.5) is 0 Å². The van der Waals surface area contributed by atoms with Crippen LogP contribution >= 0.6 is 15.9 Å². The lowest BCUT2D eigenvalue weighted by Crippen LogP contribution is -2.28. The number of methoxy groups -OCH3 is 2. The minimum absolute atomic E-state index is 0.0705. The number of amides is 1. The van der Waals surface area contributed by atoms with Crippen LogP contribution in [0.25, 0.3) is 0 Å². The van der Waals surface area contributed by atoms with Crippen LogP contribution in [0.3, 0.4) is 0 Å². The van der Waals surface area contributed by atoms with Gasteiger partial charge in [0, 0.05) is 0 Å². The Labute approximate surface area is 140 Å². The first-order valence-electron chi connectivity index (χ1n) is 6.77. The number of benzene rings is 1. The quantitative estimate of drug-likeness (QED) is 0.845. The molecule has 1 amide bonds. The van der Waals surface area contributed by atoms with Crippen molar-refractivity contribution in [2.24, 2.45) is 16.8 Å². The molecule has 2 aliphatic rings. The fourth-order valence-electron chi connectivity index (χ4n) is 2.70. The van der Waals surface area contributed by atoms with Crippen LogP contribution in [0, 0.1) is 5.92 Å². The van der Waals surface area contributed by atoms with Crippen LogP contribution in [-0.2, 0) is 9.63 Å². The van der Waals surface area contributed by atoms with Crippen molar-refractivity contribution in [2.75, 3.05) is 21.0 Å². The first-order chi connectivity index (χ1) is 11.0. The minimum atomic E-state index is -0.622. The van der Waals surface area contributed by atoms with Crippen LogP contribution in [0.15, 0.2) is 9.63 Å². The molecule has 23 heavy (non-hydrogen) atoms. The third-order valence-corrected chi connectivity index (χ3v) is 4.59. The minimum Gasteiger partial charge on any atom is -0.492 e. The Hall–Kier alpha value is -2.16. The smallest absolute Gasteiger partial charge is 0.266 e. The van der Waals surface area contributed by atoms with E-state index in [1.807, 2.05) is 0 Å². The number of carbonyl (C=O) groups excluding carboxylic acids is 1. The summed E-state index contributed by atoms with van der Waals surface area (Å²) in [6.07, 6.45) is -0.578. The average Bonchev–Trinajstić information content (AvgIpc) is 3.14. The van der Waals surface area contributed by atoms with E-state index >= 15 is 0 Å². The second-order valence-electron chi connectivity index (χ2n) is 5.01. The Morgan fingerprint density at radius 2 is 1.91 bits per heavy atom. The van der Waals surface area contributed by atoms with Crippen molar-refractivity contribution in [2.45, 2.75) is 13.0 Å².